The molecule has 0 aromatic heterocycles. The summed E-state index contributed by atoms with van der Waals surface area (Å²) in [5.41, 5.74) is 27.5. The van der Waals surface area contributed by atoms with E-state index < -0.39 is 90.3 Å². The van der Waals surface area contributed by atoms with Gasteiger partial charge in [-0.1, -0.05) is 0 Å². The molecule has 7 atom stereocenters. The zero-order valence-electron chi connectivity index (χ0n) is 29.8. The summed E-state index contributed by atoms with van der Waals surface area (Å²) < 4.78 is 0. The first-order chi connectivity index (χ1) is 24.5. The van der Waals surface area contributed by atoms with Crippen molar-refractivity contribution in [3.05, 3.63) is 0 Å². The predicted octanol–water partition coefficient (Wildman–Crippen LogP) is -5.42. The Morgan fingerprint density at radius 3 is 1.44 bits per heavy atom. The Balaban J connectivity index is 5.93. The molecule has 6 amide bonds. The number of aliphatic carboxylic acids is 1. The number of carbonyl (C=O) groups is 7. The molecule has 0 saturated carbocycles. The van der Waals surface area contributed by atoms with Gasteiger partial charge in [-0.3, -0.25) is 33.8 Å². The number of rotatable bonds is 27. The van der Waals surface area contributed by atoms with Crippen molar-refractivity contribution in [2.24, 2.45) is 33.7 Å². The van der Waals surface area contributed by atoms with Crippen LogP contribution in [-0.4, -0.2) is 132 Å². The highest BCUT2D eigenvalue weighted by atomic mass is 32.1. The van der Waals surface area contributed by atoms with E-state index >= 15 is 0 Å². The fraction of sp³-hybridized carbons (Fsp3) is 0.733. The largest absolute Gasteiger partial charge is 0.480 e. The second-order valence-corrected chi connectivity index (χ2v) is 12.4. The van der Waals surface area contributed by atoms with Crippen molar-refractivity contribution in [1.29, 1.82) is 0 Å². The van der Waals surface area contributed by atoms with Gasteiger partial charge in [-0.2, -0.15) is 12.6 Å². The van der Waals surface area contributed by atoms with Crippen LogP contribution in [0.2, 0.25) is 0 Å². The first-order valence-electron chi connectivity index (χ1n) is 17.0. The van der Waals surface area contributed by atoms with Gasteiger partial charge in [-0.05, 0) is 78.3 Å². The maximum absolute atomic E-state index is 13.5. The van der Waals surface area contributed by atoms with E-state index in [0.717, 1.165) is 0 Å². The van der Waals surface area contributed by atoms with Crippen molar-refractivity contribution in [3.63, 3.8) is 0 Å². The van der Waals surface area contributed by atoms with E-state index in [1.165, 1.54) is 13.8 Å². The third-order valence-electron chi connectivity index (χ3n) is 7.52. The van der Waals surface area contributed by atoms with E-state index in [0.29, 0.717) is 38.8 Å². The molecule has 52 heavy (non-hydrogen) atoms. The number of amides is 6. The average molecular weight is 763 g/mol. The summed E-state index contributed by atoms with van der Waals surface area (Å²) in [6, 6.07) is -8.54. The monoisotopic (exact) mass is 762 g/mol. The molecule has 0 radical (unpaired) electrons. The van der Waals surface area contributed by atoms with Gasteiger partial charge in [0.15, 0.2) is 5.96 Å². The molecule has 0 aromatic carbocycles. The molecule has 0 heterocycles. The van der Waals surface area contributed by atoms with E-state index in [2.05, 4.69) is 49.5 Å². The van der Waals surface area contributed by atoms with Crippen LogP contribution in [-0.2, 0) is 33.6 Å². The van der Waals surface area contributed by atoms with E-state index in [9.17, 15) is 43.8 Å². The van der Waals surface area contributed by atoms with Crippen LogP contribution in [0.25, 0.3) is 0 Å². The maximum Gasteiger partial charge on any atom is 0.328 e. The Labute approximate surface area is 308 Å². The van der Waals surface area contributed by atoms with E-state index in [-0.39, 0.29) is 43.9 Å². The van der Waals surface area contributed by atoms with Crippen LogP contribution in [0.4, 0.5) is 0 Å². The lowest BCUT2D eigenvalue weighted by Gasteiger charge is -2.26. The van der Waals surface area contributed by atoms with Gasteiger partial charge in [0.25, 0.3) is 0 Å². The molecule has 21 nitrogen and oxygen atoms in total. The summed E-state index contributed by atoms with van der Waals surface area (Å²) in [6.45, 7) is 2.70. The van der Waals surface area contributed by atoms with Gasteiger partial charge in [-0.15, -0.1) is 0 Å². The molecule has 0 bridgehead atoms. The van der Waals surface area contributed by atoms with Crippen LogP contribution in [0, 0.1) is 0 Å². The number of hydrogen-bond donors (Lipinski definition) is 14. The molecule has 0 saturated heterocycles. The zero-order chi connectivity index (χ0) is 39.8. The normalized spacial score (nSPS) is 14.9. The van der Waals surface area contributed by atoms with Gasteiger partial charge in [-0.25, -0.2) is 4.79 Å². The van der Waals surface area contributed by atoms with E-state index in [1.54, 1.807) is 0 Å². The van der Waals surface area contributed by atoms with Crippen molar-refractivity contribution in [2.45, 2.75) is 108 Å². The molecule has 0 aliphatic rings. The van der Waals surface area contributed by atoms with Crippen molar-refractivity contribution < 1.29 is 43.8 Å². The summed E-state index contributed by atoms with van der Waals surface area (Å²) in [7, 11) is 0. The third-order valence-corrected chi connectivity index (χ3v) is 7.88. The molecule has 0 rings (SSSR count). The highest BCUT2D eigenvalue weighted by Gasteiger charge is 2.32. The van der Waals surface area contributed by atoms with Gasteiger partial charge in [0, 0.05) is 12.3 Å². The third kappa shape index (κ3) is 19.4. The highest BCUT2D eigenvalue weighted by Crippen LogP contribution is 2.06. The fourth-order valence-corrected chi connectivity index (χ4v) is 4.73. The van der Waals surface area contributed by atoms with Crippen LogP contribution in [0.1, 0.15) is 65.2 Å². The molecule has 0 aliphatic carbocycles. The number of aliphatic hydroxyl groups is 1. The smallest absolute Gasteiger partial charge is 0.328 e. The minimum absolute atomic E-state index is 0.00997. The Bertz CT molecular complexity index is 1210. The number of aliphatic imine (C=N–C) groups is 1. The molecule has 0 fully saturated rings. The van der Waals surface area contributed by atoms with Gasteiger partial charge in [0.05, 0.1) is 12.6 Å². The van der Waals surface area contributed by atoms with Gasteiger partial charge >= 0.3 is 5.97 Å². The molecular formula is C30H58N12O9S. The zero-order valence-corrected chi connectivity index (χ0v) is 30.7. The minimum atomic E-state index is -1.62. The van der Waals surface area contributed by atoms with Gasteiger partial charge in [0.1, 0.15) is 36.3 Å². The molecular weight excluding hydrogens is 704 g/mol. The van der Waals surface area contributed by atoms with Crippen LogP contribution in [0.5, 0.6) is 0 Å². The molecule has 22 heteroatoms. The molecule has 0 aromatic rings. The molecule has 0 spiro atoms. The molecule has 298 valence electrons. The van der Waals surface area contributed by atoms with Crippen molar-refractivity contribution in [2.75, 3.05) is 32.0 Å². The number of carboxylic acids is 1. The number of unbranched alkanes of at least 4 members (excludes halogenated alkanes) is 2. The van der Waals surface area contributed by atoms with Crippen LogP contribution < -0.4 is 60.6 Å². The standard InChI is InChI=1S/C30H58N12O9S/c1-16(33)23(44)38-18(8-3-5-11-31)25(46)37-17(2)24(45)39-20(10-7-13-36-30(34)35)27(48)42-22(15-52)28(49)40-19(9-4-6-12-32)26(47)41-21(14-43)29(50)51/h16-22,43,52H,3-15,31-33H2,1-2H3,(H,37,46)(H,38,44)(H,39,45)(H,40,49)(H,41,47)(H,42,48)(H,50,51)(H4,34,35,36)/t16-,17-,18-,19-,20-,21-,22-/m0/s1. The fourth-order valence-electron chi connectivity index (χ4n) is 4.47. The van der Waals surface area contributed by atoms with Crippen molar-refractivity contribution in [1.82, 2.24) is 31.9 Å². The highest BCUT2D eigenvalue weighted by molar-refractivity contribution is 7.80. The summed E-state index contributed by atoms with van der Waals surface area (Å²) in [5, 5.41) is 33.3. The van der Waals surface area contributed by atoms with E-state index in [4.69, 9.17) is 28.7 Å². The molecule has 0 aliphatic heterocycles. The topological polar surface area (TPSA) is 375 Å². The van der Waals surface area contributed by atoms with Gasteiger partial charge in [0.2, 0.25) is 35.4 Å². The number of hydrogen-bond acceptors (Lipinski definition) is 13. The second kappa shape index (κ2) is 26.5. The predicted molar refractivity (Wildman–Crippen MR) is 195 cm³/mol. The summed E-state index contributed by atoms with van der Waals surface area (Å²) in [6.07, 6.45) is 2.47. The minimum Gasteiger partial charge on any atom is -0.480 e. The van der Waals surface area contributed by atoms with Crippen molar-refractivity contribution >= 4 is 60.0 Å². The first kappa shape index (κ1) is 47.8. The molecule has 18 N–H and O–H groups in total. The SMILES string of the molecule is C[C@H](N)C(=O)N[C@@H](CCCCN)C(=O)N[C@@H](C)C(=O)N[C@@H](CCCN=C(N)N)C(=O)N[C@@H](CS)C(=O)N[C@@H](CCCCN)C(=O)N[C@@H](CO)C(=O)O. The number of nitrogens with zero attached hydrogens (tertiary/aromatic N) is 1. The summed E-state index contributed by atoms with van der Waals surface area (Å²) in [5.74, 6) is -6.45. The number of guanidine groups is 1. The van der Waals surface area contributed by atoms with Crippen molar-refractivity contribution in [3.8, 4) is 0 Å². The Kier molecular flexibility index (Phi) is 24.3. The Morgan fingerprint density at radius 1 is 0.615 bits per heavy atom. The summed E-state index contributed by atoms with van der Waals surface area (Å²) in [4.78, 5) is 93.3. The lowest BCUT2D eigenvalue weighted by atomic mass is 10.1. The first-order valence-corrected chi connectivity index (χ1v) is 17.6. The quantitative estimate of drug-likeness (QED) is 0.0161. The second-order valence-electron chi connectivity index (χ2n) is 12.0. The average Bonchev–Trinajstić information content (AvgIpc) is 3.08. The Hall–Kier alpha value is -4.25. The van der Waals surface area contributed by atoms with Crippen LogP contribution in [0.15, 0.2) is 4.99 Å². The summed E-state index contributed by atoms with van der Waals surface area (Å²) >= 11 is 4.16. The van der Waals surface area contributed by atoms with Crippen LogP contribution >= 0.6 is 12.6 Å². The number of nitrogens with one attached hydrogen (secondary N) is 6. The number of carbonyl (C=O) groups excluding carboxylic acids is 6. The Morgan fingerprint density at radius 2 is 1.02 bits per heavy atom. The van der Waals surface area contributed by atoms with Crippen LogP contribution in [0.3, 0.4) is 0 Å². The maximum atomic E-state index is 13.5. The van der Waals surface area contributed by atoms with Gasteiger partial charge < -0.3 is 70.8 Å². The number of nitrogens with two attached hydrogens (primary N) is 5. The number of aliphatic hydroxyl groups excluding tert-OH is 1. The molecule has 0 unspecified atom stereocenters. The lowest BCUT2D eigenvalue weighted by Crippen LogP contribution is -2.59. The van der Waals surface area contributed by atoms with E-state index in [1.807, 2.05) is 0 Å². The lowest BCUT2D eigenvalue weighted by molar-refractivity contribution is -0.143. The number of carboxylic acid groups (broad SMARTS) is 1. The number of thiol groups is 1.